The molecule has 1 aliphatic heterocycles. The molecule has 30 heavy (non-hydrogen) atoms. The van der Waals surface area contributed by atoms with Gasteiger partial charge in [-0.15, -0.1) is 0 Å². The molecule has 0 bridgehead atoms. The van der Waals surface area contributed by atoms with Gasteiger partial charge in [0.25, 0.3) is 5.91 Å². The number of nitrogens with zero attached hydrogens (tertiary/aromatic N) is 1. The maximum absolute atomic E-state index is 12.7. The Morgan fingerprint density at radius 3 is 2.53 bits per heavy atom. The molecule has 0 radical (unpaired) electrons. The highest BCUT2D eigenvalue weighted by molar-refractivity contribution is 6.07. The van der Waals surface area contributed by atoms with Crippen LogP contribution < -0.4 is 10.1 Å². The molecule has 2 aliphatic rings. The Morgan fingerprint density at radius 1 is 1.07 bits per heavy atom. The van der Waals surface area contributed by atoms with Gasteiger partial charge >= 0.3 is 0 Å². The van der Waals surface area contributed by atoms with E-state index in [0.29, 0.717) is 12.2 Å². The topological polar surface area (TPSA) is 38.3 Å². The second-order valence-electron chi connectivity index (χ2n) is 9.38. The summed E-state index contributed by atoms with van der Waals surface area (Å²) in [5.41, 5.74) is 4.89. The first kappa shape index (κ1) is 20.7. The number of benzene rings is 2. The van der Waals surface area contributed by atoms with Gasteiger partial charge in [0.05, 0.1) is 25.7 Å². The summed E-state index contributed by atoms with van der Waals surface area (Å²) in [6.45, 7) is 3.36. The highest BCUT2D eigenvalue weighted by Gasteiger charge is 2.29. The Balaban J connectivity index is 1.39. The molecule has 158 valence electrons. The Morgan fingerprint density at radius 2 is 1.80 bits per heavy atom. The van der Waals surface area contributed by atoms with E-state index in [2.05, 4.69) is 31.5 Å². The van der Waals surface area contributed by atoms with Gasteiger partial charge in [-0.2, -0.15) is 0 Å². The summed E-state index contributed by atoms with van der Waals surface area (Å²) in [6, 6.07) is 15.1. The highest BCUT2D eigenvalue weighted by atomic mass is 16.5. The number of nitrogens with one attached hydrogen (secondary N) is 1. The van der Waals surface area contributed by atoms with E-state index in [0.717, 1.165) is 39.6 Å². The number of rotatable bonds is 5. The largest absolute Gasteiger partial charge is 0.488 e. The van der Waals surface area contributed by atoms with Crippen molar-refractivity contribution >= 4 is 17.7 Å². The van der Waals surface area contributed by atoms with Crippen molar-refractivity contribution in [1.82, 2.24) is 0 Å². The molecular formula is C26H33N2O2+. The van der Waals surface area contributed by atoms with Crippen LogP contribution in [0.25, 0.3) is 6.08 Å². The molecule has 0 unspecified atom stereocenters. The van der Waals surface area contributed by atoms with E-state index in [4.69, 9.17) is 4.74 Å². The van der Waals surface area contributed by atoms with Crippen LogP contribution in [0.1, 0.15) is 48.8 Å². The summed E-state index contributed by atoms with van der Waals surface area (Å²) in [5, 5.41) is 3.01. The number of amides is 1. The number of carbonyl (C=O) groups is 1. The summed E-state index contributed by atoms with van der Waals surface area (Å²) in [6.07, 6.45) is 8.70. The maximum atomic E-state index is 12.7. The molecule has 0 spiro atoms. The number of aryl methyl sites for hydroxylation is 1. The molecule has 4 nitrogen and oxygen atoms in total. The fourth-order valence-corrected chi connectivity index (χ4v) is 4.69. The van der Waals surface area contributed by atoms with Crippen LogP contribution in [0.15, 0.2) is 48.0 Å². The van der Waals surface area contributed by atoms with Crippen molar-refractivity contribution in [2.75, 3.05) is 26.0 Å². The number of hydrogen-bond donors (Lipinski definition) is 1. The van der Waals surface area contributed by atoms with Crippen LogP contribution >= 0.6 is 0 Å². The minimum absolute atomic E-state index is 0.104. The lowest BCUT2D eigenvalue weighted by Crippen LogP contribution is -2.48. The van der Waals surface area contributed by atoms with E-state index in [1.54, 1.807) is 0 Å². The summed E-state index contributed by atoms with van der Waals surface area (Å²) in [4.78, 5) is 12.7. The van der Waals surface area contributed by atoms with Crippen molar-refractivity contribution < 1.29 is 14.0 Å². The summed E-state index contributed by atoms with van der Waals surface area (Å²) < 4.78 is 6.81. The number of fused-ring (bicyclic) bond motifs is 1. The van der Waals surface area contributed by atoms with Crippen molar-refractivity contribution in [3.63, 3.8) is 0 Å². The lowest BCUT2D eigenvalue weighted by atomic mass is 9.92. The second-order valence-corrected chi connectivity index (χ2v) is 9.38. The normalized spacial score (nSPS) is 17.0. The SMILES string of the molecule is Cc1ccc2c(c1)OCC(C(=O)Nc1ccc(C[N+](C)(C)C3CCCCC3)cc1)=C2. The number of hydrogen-bond acceptors (Lipinski definition) is 2. The van der Waals surface area contributed by atoms with Crippen LogP contribution in [0.3, 0.4) is 0 Å². The molecule has 0 atom stereocenters. The van der Waals surface area contributed by atoms with Crippen molar-refractivity contribution in [1.29, 1.82) is 0 Å². The van der Waals surface area contributed by atoms with Crippen LogP contribution in [0.5, 0.6) is 5.75 Å². The van der Waals surface area contributed by atoms with Gasteiger partial charge in [0.15, 0.2) is 0 Å². The fraction of sp³-hybridized carbons (Fsp3) is 0.423. The molecule has 1 heterocycles. The number of anilines is 1. The molecule has 0 aromatic heterocycles. The van der Waals surface area contributed by atoms with Gasteiger partial charge in [0, 0.05) is 16.8 Å². The zero-order chi connectivity index (χ0) is 21.1. The first-order valence-electron chi connectivity index (χ1n) is 11.1. The Kier molecular flexibility index (Phi) is 5.96. The van der Waals surface area contributed by atoms with Crippen LogP contribution in [0.2, 0.25) is 0 Å². The number of quaternary nitrogens is 1. The highest BCUT2D eigenvalue weighted by Crippen LogP contribution is 2.29. The summed E-state index contributed by atoms with van der Waals surface area (Å²) >= 11 is 0. The molecule has 0 saturated heterocycles. The lowest BCUT2D eigenvalue weighted by Gasteiger charge is -2.40. The van der Waals surface area contributed by atoms with E-state index in [9.17, 15) is 4.79 Å². The average Bonchev–Trinajstić information content (AvgIpc) is 2.75. The third kappa shape index (κ3) is 4.76. The molecule has 4 rings (SSSR count). The molecule has 1 saturated carbocycles. The molecule has 1 aliphatic carbocycles. The van der Waals surface area contributed by atoms with Crippen molar-refractivity contribution in [2.24, 2.45) is 0 Å². The number of ether oxygens (including phenoxy) is 1. The van der Waals surface area contributed by atoms with Crippen LogP contribution in [0.4, 0.5) is 5.69 Å². The van der Waals surface area contributed by atoms with E-state index in [1.807, 2.05) is 43.3 Å². The third-order valence-corrected chi connectivity index (χ3v) is 6.54. The average molecular weight is 406 g/mol. The van der Waals surface area contributed by atoms with Gasteiger partial charge in [0.1, 0.15) is 18.9 Å². The third-order valence-electron chi connectivity index (χ3n) is 6.54. The Labute approximate surface area is 180 Å². The van der Waals surface area contributed by atoms with Gasteiger partial charge < -0.3 is 14.5 Å². The quantitative estimate of drug-likeness (QED) is 0.684. The molecule has 2 aromatic carbocycles. The fourth-order valence-electron chi connectivity index (χ4n) is 4.69. The number of carbonyl (C=O) groups excluding carboxylic acids is 1. The monoisotopic (exact) mass is 405 g/mol. The standard InChI is InChI=1S/C26H32N2O2/c1-19-9-12-21-16-22(18-30-25(21)15-19)26(29)27-23-13-10-20(11-14-23)17-28(2,3)24-7-5-4-6-8-24/h9-16,24H,4-8,17-18H2,1-3H3/p+1. The Hall–Kier alpha value is -2.59. The van der Waals surface area contributed by atoms with Crippen LogP contribution in [-0.2, 0) is 11.3 Å². The van der Waals surface area contributed by atoms with Crippen molar-refractivity contribution in [2.45, 2.75) is 51.6 Å². The molecule has 1 N–H and O–H groups in total. The maximum Gasteiger partial charge on any atom is 0.255 e. The van der Waals surface area contributed by atoms with Gasteiger partial charge in [-0.1, -0.05) is 30.7 Å². The minimum atomic E-state index is -0.104. The minimum Gasteiger partial charge on any atom is -0.488 e. The van der Waals surface area contributed by atoms with Gasteiger partial charge in [-0.05, 0) is 62.4 Å². The first-order valence-corrected chi connectivity index (χ1v) is 11.1. The van der Waals surface area contributed by atoms with E-state index < -0.39 is 0 Å². The smallest absolute Gasteiger partial charge is 0.255 e. The molecule has 2 aromatic rings. The molecule has 1 amide bonds. The van der Waals surface area contributed by atoms with E-state index >= 15 is 0 Å². The second kappa shape index (κ2) is 8.65. The first-order chi connectivity index (χ1) is 14.4. The molecule has 1 fully saturated rings. The predicted molar refractivity (Wildman–Crippen MR) is 122 cm³/mol. The van der Waals surface area contributed by atoms with Crippen LogP contribution in [-0.4, -0.2) is 37.1 Å². The Bertz CT molecular complexity index is 938. The van der Waals surface area contributed by atoms with Gasteiger partial charge in [-0.25, -0.2) is 0 Å². The van der Waals surface area contributed by atoms with Crippen molar-refractivity contribution in [3.05, 3.63) is 64.7 Å². The molecular weight excluding hydrogens is 372 g/mol. The van der Waals surface area contributed by atoms with Gasteiger partial charge in [-0.3, -0.25) is 4.79 Å². The van der Waals surface area contributed by atoms with Crippen LogP contribution in [0, 0.1) is 6.92 Å². The predicted octanol–water partition coefficient (Wildman–Crippen LogP) is 5.32. The van der Waals surface area contributed by atoms with E-state index in [-0.39, 0.29) is 5.91 Å². The summed E-state index contributed by atoms with van der Waals surface area (Å²) in [7, 11) is 4.70. The van der Waals surface area contributed by atoms with Crippen molar-refractivity contribution in [3.8, 4) is 5.75 Å². The van der Waals surface area contributed by atoms with E-state index in [1.165, 1.54) is 37.7 Å². The summed E-state index contributed by atoms with van der Waals surface area (Å²) in [5.74, 6) is 0.738. The zero-order valence-electron chi connectivity index (χ0n) is 18.4. The lowest BCUT2D eigenvalue weighted by molar-refractivity contribution is -0.929. The van der Waals surface area contributed by atoms with Gasteiger partial charge in [0.2, 0.25) is 0 Å². The zero-order valence-corrected chi connectivity index (χ0v) is 18.4. The molecule has 4 heteroatoms.